The standard InChI is InChI=1S/C55H41N3/c1-36-16-15-33-56-55(36)49-32-29-42(35-57-49)58(40-22-9-4-10-23-40)41-24-13-21-39(34-41)43-30-31-48-52-44(43)27-14-28-47(52)53-50(37-17-5-2-6-18-37)45-25-11-12-26-46(45)51(54(48)53)38-19-7-3-8-20-38/h2-12,14-20,22-36,55H,13,21H2,1H3. The largest absolute Gasteiger partial charge is 0.309 e. The second-order valence-corrected chi connectivity index (χ2v) is 15.6. The summed E-state index contributed by atoms with van der Waals surface area (Å²) in [4.78, 5) is 12.1. The Hall–Kier alpha value is -7.10. The molecule has 3 nitrogen and oxygen atoms in total. The summed E-state index contributed by atoms with van der Waals surface area (Å²) < 4.78 is 0. The molecule has 2 atom stereocenters. The van der Waals surface area contributed by atoms with Crippen LogP contribution in [0, 0.1) is 5.92 Å². The van der Waals surface area contributed by atoms with Crippen LogP contribution in [0.5, 0.6) is 0 Å². The highest BCUT2D eigenvalue weighted by Gasteiger charge is 2.31. The summed E-state index contributed by atoms with van der Waals surface area (Å²) in [5.74, 6) is 0.305. The van der Waals surface area contributed by atoms with E-state index in [1.807, 2.05) is 18.5 Å². The molecule has 3 aliphatic rings. The molecule has 11 rings (SSSR count). The summed E-state index contributed by atoms with van der Waals surface area (Å²) in [6.07, 6.45) is 14.8. The van der Waals surface area contributed by atoms with Crippen molar-refractivity contribution in [1.29, 1.82) is 0 Å². The lowest BCUT2D eigenvalue weighted by molar-refractivity contribution is 0.552. The highest BCUT2D eigenvalue weighted by atomic mass is 15.2. The first-order valence-corrected chi connectivity index (χ1v) is 20.4. The molecule has 0 saturated heterocycles. The lowest BCUT2D eigenvalue weighted by Crippen LogP contribution is -2.18. The van der Waals surface area contributed by atoms with Crippen molar-refractivity contribution in [3.8, 4) is 44.5 Å². The average Bonchev–Trinajstić information content (AvgIpc) is 3.62. The molecule has 3 heteroatoms. The molecule has 276 valence electrons. The summed E-state index contributed by atoms with van der Waals surface area (Å²) >= 11 is 0. The second kappa shape index (κ2) is 14.1. The Morgan fingerprint density at radius 3 is 1.83 bits per heavy atom. The Bertz CT molecular complexity index is 2900. The van der Waals surface area contributed by atoms with Crippen LogP contribution in [0.1, 0.15) is 37.1 Å². The topological polar surface area (TPSA) is 28.5 Å². The normalized spacial score (nSPS) is 16.6. The van der Waals surface area contributed by atoms with Crippen LogP contribution in [0.25, 0.3) is 71.6 Å². The third-order valence-electron chi connectivity index (χ3n) is 12.2. The van der Waals surface area contributed by atoms with Gasteiger partial charge in [0.05, 0.1) is 23.6 Å². The quantitative estimate of drug-likeness (QED) is 0.163. The Morgan fingerprint density at radius 1 is 0.552 bits per heavy atom. The molecular formula is C55H41N3. The molecule has 0 bridgehead atoms. The Balaban J connectivity index is 1.08. The minimum absolute atomic E-state index is 0.0328. The number of hydrogen-bond acceptors (Lipinski definition) is 3. The zero-order valence-electron chi connectivity index (χ0n) is 32.4. The Labute approximate surface area is 339 Å². The summed E-state index contributed by atoms with van der Waals surface area (Å²) in [6.45, 7) is 2.20. The fourth-order valence-electron chi connectivity index (χ4n) is 9.63. The first kappa shape index (κ1) is 34.2. The number of para-hydroxylation sites is 1. The molecule has 2 heterocycles. The van der Waals surface area contributed by atoms with Crippen LogP contribution >= 0.6 is 0 Å². The van der Waals surface area contributed by atoms with Crippen LogP contribution in [0.4, 0.5) is 11.4 Å². The van der Waals surface area contributed by atoms with Gasteiger partial charge in [0.2, 0.25) is 0 Å². The number of fused-ring (bicyclic) bond motifs is 4. The van der Waals surface area contributed by atoms with E-state index in [2.05, 4.69) is 188 Å². The molecule has 2 aliphatic carbocycles. The first-order valence-electron chi connectivity index (χ1n) is 20.4. The van der Waals surface area contributed by atoms with Crippen molar-refractivity contribution in [2.75, 3.05) is 4.90 Å². The maximum Gasteiger partial charge on any atom is 0.0979 e. The zero-order chi connectivity index (χ0) is 38.6. The van der Waals surface area contributed by atoms with Crippen molar-refractivity contribution in [1.82, 2.24) is 4.98 Å². The molecule has 1 aliphatic heterocycles. The number of dihydropyridines is 1. The van der Waals surface area contributed by atoms with Gasteiger partial charge in [-0.05, 0) is 126 Å². The maximum absolute atomic E-state index is 5.00. The number of pyridine rings is 1. The maximum atomic E-state index is 5.00. The minimum atomic E-state index is 0.0328. The van der Waals surface area contributed by atoms with Gasteiger partial charge in [0.1, 0.15) is 0 Å². The molecule has 0 N–H and O–H groups in total. The van der Waals surface area contributed by atoms with Crippen LogP contribution in [0.15, 0.2) is 199 Å². The van der Waals surface area contributed by atoms with Gasteiger partial charge in [0.25, 0.3) is 0 Å². The lowest BCUT2D eigenvalue weighted by atomic mass is 9.82. The Morgan fingerprint density at radius 2 is 1.17 bits per heavy atom. The number of benzene rings is 7. The molecule has 58 heavy (non-hydrogen) atoms. The van der Waals surface area contributed by atoms with Crippen LogP contribution in [-0.4, -0.2) is 11.2 Å². The number of aromatic nitrogens is 1. The molecule has 2 unspecified atom stereocenters. The van der Waals surface area contributed by atoms with Gasteiger partial charge in [-0.15, -0.1) is 0 Å². The molecule has 0 radical (unpaired) electrons. The van der Waals surface area contributed by atoms with Crippen molar-refractivity contribution < 1.29 is 0 Å². The number of aliphatic imine (C=N–C) groups is 1. The second-order valence-electron chi connectivity index (χ2n) is 15.6. The van der Waals surface area contributed by atoms with E-state index in [1.54, 1.807) is 0 Å². The number of nitrogens with zero attached hydrogens (tertiary/aromatic N) is 3. The van der Waals surface area contributed by atoms with Crippen LogP contribution in [-0.2, 0) is 0 Å². The van der Waals surface area contributed by atoms with Crippen molar-refractivity contribution in [3.63, 3.8) is 0 Å². The van der Waals surface area contributed by atoms with Crippen molar-refractivity contribution >= 4 is 44.7 Å². The van der Waals surface area contributed by atoms with Gasteiger partial charge in [0, 0.05) is 23.5 Å². The summed E-state index contributed by atoms with van der Waals surface area (Å²) in [5.41, 5.74) is 17.3. The summed E-state index contributed by atoms with van der Waals surface area (Å²) in [7, 11) is 0. The minimum Gasteiger partial charge on any atom is -0.309 e. The van der Waals surface area contributed by atoms with E-state index in [0.29, 0.717) is 5.92 Å². The number of anilines is 2. The predicted molar refractivity (Wildman–Crippen MR) is 244 cm³/mol. The SMILES string of the molecule is CC1C=CC=NC1c1ccc(N(C2=CCCC(c3ccc4c5c(cccc35)-c3c-4c(-c4ccccc4)c4ccccc4c3-c3ccccc3)=C2)c2ccccc2)cn1. The molecule has 0 amide bonds. The molecule has 0 spiro atoms. The van der Waals surface area contributed by atoms with Gasteiger partial charge < -0.3 is 4.90 Å². The van der Waals surface area contributed by atoms with E-state index in [0.717, 1.165) is 35.6 Å². The van der Waals surface area contributed by atoms with Gasteiger partial charge in [-0.25, -0.2) is 0 Å². The van der Waals surface area contributed by atoms with E-state index in [4.69, 9.17) is 9.98 Å². The number of hydrogen-bond donors (Lipinski definition) is 0. The highest BCUT2D eigenvalue weighted by Crippen LogP contribution is 2.58. The van der Waals surface area contributed by atoms with E-state index >= 15 is 0 Å². The van der Waals surface area contributed by atoms with Gasteiger partial charge in [-0.2, -0.15) is 0 Å². The molecule has 0 saturated carbocycles. The molecule has 1 aromatic heterocycles. The lowest BCUT2D eigenvalue weighted by Gasteiger charge is -2.29. The molecule has 7 aromatic carbocycles. The van der Waals surface area contributed by atoms with Gasteiger partial charge in [-0.1, -0.05) is 153 Å². The third kappa shape index (κ3) is 5.57. The summed E-state index contributed by atoms with van der Waals surface area (Å²) in [6, 6.07) is 57.7. The van der Waals surface area contributed by atoms with E-state index in [1.165, 1.54) is 77.2 Å². The highest BCUT2D eigenvalue weighted by molar-refractivity contribution is 6.28. The average molecular weight is 744 g/mol. The first-order chi connectivity index (χ1) is 28.7. The smallest absolute Gasteiger partial charge is 0.0979 e. The van der Waals surface area contributed by atoms with Gasteiger partial charge in [0.15, 0.2) is 0 Å². The van der Waals surface area contributed by atoms with Gasteiger partial charge in [-0.3, -0.25) is 9.98 Å². The molecular weight excluding hydrogens is 703 g/mol. The van der Waals surface area contributed by atoms with Crippen molar-refractivity contribution in [2.24, 2.45) is 10.9 Å². The Kier molecular flexibility index (Phi) is 8.32. The summed E-state index contributed by atoms with van der Waals surface area (Å²) in [5, 5.41) is 5.20. The van der Waals surface area contributed by atoms with Crippen LogP contribution in [0.2, 0.25) is 0 Å². The zero-order valence-corrected chi connectivity index (χ0v) is 32.4. The van der Waals surface area contributed by atoms with Gasteiger partial charge >= 0.3 is 0 Å². The van der Waals surface area contributed by atoms with E-state index in [9.17, 15) is 0 Å². The van der Waals surface area contributed by atoms with Crippen LogP contribution < -0.4 is 4.90 Å². The van der Waals surface area contributed by atoms with Crippen molar-refractivity contribution in [2.45, 2.75) is 25.8 Å². The van der Waals surface area contributed by atoms with E-state index in [-0.39, 0.29) is 6.04 Å². The number of allylic oxidation sites excluding steroid dienone is 4. The third-order valence-corrected chi connectivity index (χ3v) is 12.2. The monoisotopic (exact) mass is 743 g/mol. The molecule has 8 aromatic rings. The fraction of sp³-hybridized carbons (Fsp3) is 0.0909. The predicted octanol–water partition coefficient (Wildman–Crippen LogP) is 14.6. The van der Waals surface area contributed by atoms with Crippen molar-refractivity contribution in [3.05, 3.63) is 205 Å². The van der Waals surface area contributed by atoms with E-state index < -0.39 is 0 Å². The molecule has 0 fully saturated rings. The van der Waals surface area contributed by atoms with Crippen LogP contribution in [0.3, 0.4) is 0 Å². The fourth-order valence-corrected chi connectivity index (χ4v) is 9.63. The number of rotatable bonds is 7.